The molecule has 2 aromatic carbocycles. The Morgan fingerprint density at radius 2 is 1.30 bits per heavy atom. The zero-order valence-corrected chi connectivity index (χ0v) is 39.5. The first kappa shape index (κ1) is 54.2. The van der Waals surface area contributed by atoms with E-state index in [-0.39, 0.29) is 57.0 Å². The van der Waals surface area contributed by atoms with Crippen LogP contribution in [0.4, 0.5) is 10.2 Å². The van der Waals surface area contributed by atoms with E-state index in [4.69, 9.17) is 60.6 Å². The van der Waals surface area contributed by atoms with Crippen molar-refractivity contribution in [2.45, 2.75) is 31.7 Å². The zero-order chi connectivity index (χ0) is 47.4. The van der Waals surface area contributed by atoms with Crippen molar-refractivity contribution in [3.05, 3.63) is 71.2 Å². The molecule has 1 aliphatic heterocycles. The molecule has 0 bridgehead atoms. The third-order valence-corrected chi connectivity index (χ3v) is 11.6. The summed E-state index contributed by atoms with van der Waals surface area (Å²) in [6, 6.07) is 11.6. The number of nitrogens with two attached hydrogens (primary N) is 1. The van der Waals surface area contributed by atoms with Gasteiger partial charge in [-0.05, 0) is 61.4 Å². The first-order valence-corrected chi connectivity index (χ1v) is 23.9. The average Bonchev–Trinajstić information content (AvgIpc) is 3.52. The number of hydrogen-bond donors (Lipinski definition) is 3. The third kappa shape index (κ3) is 20.2. The predicted octanol–water partition coefficient (Wildman–Crippen LogP) is 3.16. The number of nitrogens with zero attached hydrogens (tertiary/aromatic N) is 2. The van der Waals surface area contributed by atoms with E-state index in [1.54, 1.807) is 12.3 Å². The molecule has 1 aromatic heterocycles. The number of nitrogens with one attached hydrogen (secondary N) is 2. The van der Waals surface area contributed by atoms with Gasteiger partial charge in [-0.3, -0.25) is 9.59 Å². The Labute approximate surface area is 392 Å². The zero-order valence-electron chi connectivity index (χ0n) is 37.9. The molecule has 0 saturated carbocycles. The quantitative estimate of drug-likeness (QED) is 0.0590. The van der Waals surface area contributed by atoms with Crippen LogP contribution in [0.5, 0.6) is 5.75 Å². The van der Waals surface area contributed by atoms with Crippen molar-refractivity contribution in [3.63, 3.8) is 0 Å². The van der Waals surface area contributed by atoms with Gasteiger partial charge in [0.1, 0.15) is 28.9 Å². The standard InChI is InChI=1S/C45H64FN5O13S2/c1-34-39(45(53)51-12-15-64-40-6-3-36(31-38(40)33-51)37-4-8-42(47)50-32-37)5-7-41(44(34)46)66(54,55)30-11-49-43(52)9-13-56-16-18-58-20-22-60-24-26-62-28-29-63-27-25-61-23-21-59-19-17-57-14-10-48-35(2)65/h3-8,31-32H,9-30,33H2,1-2H3,(H2,47,50)(H,48,65)(H,49,52). The number of amides is 2. The number of ether oxygens (including phenoxy) is 9. The van der Waals surface area contributed by atoms with Crippen molar-refractivity contribution in [2.75, 3.05) is 143 Å². The highest BCUT2D eigenvalue weighted by molar-refractivity contribution is 7.91. The fourth-order valence-corrected chi connectivity index (χ4v) is 7.65. The van der Waals surface area contributed by atoms with Gasteiger partial charge in [0.2, 0.25) is 5.91 Å². The lowest BCUT2D eigenvalue weighted by atomic mass is 10.0. The van der Waals surface area contributed by atoms with Gasteiger partial charge in [0.15, 0.2) is 9.84 Å². The van der Waals surface area contributed by atoms with Gasteiger partial charge in [-0.2, -0.15) is 0 Å². The maximum Gasteiger partial charge on any atom is 0.254 e. The summed E-state index contributed by atoms with van der Waals surface area (Å²) < 4.78 is 91.4. The second-order valence-electron chi connectivity index (χ2n) is 14.7. The van der Waals surface area contributed by atoms with Crippen LogP contribution >= 0.6 is 12.2 Å². The number of aromatic nitrogens is 1. The Hall–Kier alpha value is -4.42. The fraction of sp³-hybridized carbons (Fsp3) is 0.556. The molecule has 0 spiro atoms. The van der Waals surface area contributed by atoms with Gasteiger partial charge in [-0.15, -0.1) is 0 Å². The predicted molar refractivity (Wildman–Crippen MR) is 248 cm³/mol. The van der Waals surface area contributed by atoms with Crippen molar-refractivity contribution in [1.29, 1.82) is 0 Å². The van der Waals surface area contributed by atoms with Crippen LogP contribution in [0, 0.1) is 12.7 Å². The van der Waals surface area contributed by atoms with Gasteiger partial charge in [0, 0.05) is 48.9 Å². The SMILES string of the molecule is CC(=S)NCCOCCOCCOCCOCCOCCOCCOCCOCCC(=O)NCCS(=O)(=O)c1ccc(C(=O)N2CCOc3ccc(-c4ccc(N)nc4)cc3C2)c(C)c1F. The second kappa shape index (κ2) is 30.8. The molecule has 0 unspecified atom stereocenters. The minimum atomic E-state index is -4.15. The van der Waals surface area contributed by atoms with Crippen molar-refractivity contribution in [1.82, 2.24) is 20.5 Å². The van der Waals surface area contributed by atoms with Crippen molar-refractivity contribution in [3.8, 4) is 16.9 Å². The van der Waals surface area contributed by atoms with E-state index < -0.39 is 38.1 Å². The number of carbonyl (C=O) groups is 2. The lowest BCUT2D eigenvalue weighted by Gasteiger charge is -2.22. The first-order chi connectivity index (χ1) is 32.0. The molecule has 4 N–H and O–H groups in total. The number of sulfone groups is 1. The lowest BCUT2D eigenvalue weighted by Crippen LogP contribution is -2.33. The number of thiocarbonyl (C=S) groups is 1. The number of hydrogen-bond acceptors (Lipinski definition) is 16. The lowest BCUT2D eigenvalue weighted by molar-refractivity contribution is -0.122. The summed E-state index contributed by atoms with van der Waals surface area (Å²) in [5, 5.41) is 5.55. The molecule has 0 atom stereocenters. The summed E-state index contributed by atoms with van der Waals surface area (Å²) in [6.45, 7) is 11.0. The monoisotopic (exact) mass is 965 g/mol. The maximum absolute atomic E-state index is 15.7. The van der Waals surface area contributed by atoms with Gasteiger partial charge in [0.25, 0.3) is 5.91 Å². The second-order valence-corrected chi connectivity index (χ2v) is 17.4. The summed E-state index contributed by atoms with van der Waals surface area (Å²) >= 11 is 4.92. The Balaban J connectivity index is 0.978. The first-order valence-electron chi connectivity index (χ1n) is 21.9. The van der Waals surface area contributed by atoms with Crippen molar-refractivity contribution >= 4 is 44.7 Å². The van der Waals surface area contributed by atoms with Gasteiger partial charge >= 0.3 is 0 Å². The van der Waals surface area contributed by atoms with E-state index in [2.05, 4.69) is 15.6 Å². The third-order valence-electron chi connectivity index (χ3n) is 9.75. The van der Waals surface area contributed by atoms with Crippen LogP contribution in [0.25, 0.3) is 11.1 Å². The Kier molecular flexibility index (Phi) is 25.3. The number of carbonyl (C=O) groups excluding carboxylic acids is 2. The molecule has 18 nitrogen and oxygen atoms in total. The normalized spacial score (nSPS) is 12.6. The molecule has 2 amide bonds. The molecule has 0 aliphatic carbocycles. The number of halogens is 1. The van der Waals surface area contributed by atoms with Gasteiger partial charge in [-0.25, -0.2) is 17.8 Å². The average molecular weight is 966 g/mol. The number of benzene rings is 2. The minimum absolute atomic E-state index is 0.000689. The van der Waals surface area contributed by atoms with Crippen LogP contribution in [0.2, 0.25) is 0 Å². The summed E-state index contributed by atoms with van der Waals surface area (Å²) in [6.07, 6.45) is 1.66. The van der Waals surface area contributed by atoms with Crippen molar-refractivity contribution < 1.29 is 65.0 Å². The van der Waals surface area contributed by atoms with Crippen LogP contribution in [-0.2, 0) is 59.1 Å². The Morgan fingerprint density at radius 3 is 1.85 bits per heavy atom. The number of pyridine rings is 1. The molecular formula is C45H64FN5O13S2. The molecule has 3 aromatic rings. The molecule has 1 aliphatic rings. The molecule has 366 valence electrons. The molecule has 21 heteroatoms. The van der Waals surface area contributed by atoms with E-state index in [0.717, 1.165) is 27.7 Å². The molecule has 0 fully saturated rings. The fourth-order valence-electron chi connectivity index (χ4n) is 6.25. The van der Waals surface area contributed by atoms with Crippen LogP contribution in [0.3, 0.4) is 0 Å². The molecule has 0 saturated heterocycles. The summed E-state index contributed by atoms with van der Waals surface area (Å²) in [4.78, 5) is 31.9. The van der Waals surface area contributed by atoms with E-state index in [1.807, 2.05) is 31.2 Å². The topological polar surface area (TPSA) is 218 Å². The molecule has 4 rings (SSSR count). The van der Waals surface area contributed by atoms with Crippen LogP contribution < -0.4 is 21.1 Å². The minimum Gasteiger partial charge on any atom is -0.491 e. The Morgan fingerprint density at radius 1 is 0.758 bits per heavy atom. The summed E-state index contributed by atoms with van der Waals surface area (Å²) in [5.41, 5.74) is 8.13. The van der Waals surface area contributed by atoms with Crippen molar-refractivity contribution in [2.24, 2.45) is 0 Å². The van der Waals surface area contributed by atoms with Crippen LogP contribution in [-0.4, -0.2) is 173 Å². The van der Waals surface area contributed by atoms with E-state index in [1.165, 1.54) is 17.9 Å². The number of anilines is 1. The highest BCUT2D eigenvalue weighted by Crippen LogP contribution is 2.31. The van der Waals surface area contributed by atoms with Crippen LogP contribution in [0.15, 0.2) is 53.6 Å². The summed E-state index contributed by atoms with van der Waals surface area (Å²) in [7, 11) is -4.15. The number of rotatable bonds is 33. The molecule has 0 radical (unpaired) electrons. The van der Waals surface area contributed by atoms with Gasteiger partial charge < -0.3 is 63.9 Å². The summed E-state index contributed by atoms with van der Waals surface area (Å²) in [5.74, 6) is -1.41. The highest BCUT2D eigenvalue weighted by Gasteiger charge is 2.27. The molecule has 2 heterocycles. The van der Waals surface area contributed by atoms with E-state index >= 15 is 4.39 Å². The van der Waals surface area contributed by atoms with E-state index in [9.17, 15) is 18.0 Å². The van der Waals surface area contributed by atoms with Crippen LogP contribution in [0.1, 0.15) is 34.8 Å². The molecule has 66 heavy (non-hydrogen) atoms. The molecular weight excluding hydrogens is 902 g/mol. The van der Waals surface area contributed by atoms with Gasteiger partial charge in [-0.1, -0.05) is 18.3 Å². The maximum atomic E-state index is 15.7. The highest BCUT2D eigenvalue weighted by atomic mass is 32.2. The smallest absolute Gasteiger partial charge is 0.254 e. The number of nitrogen functional groups attached to an aromatic ring is 1. The number of fused-ring (bicyclic) bond motifs is 1. The van der Waals surface area contributed by atoms with E-state index in [0.29, 0.717) is 111 Å². The Bertz CT molecular complexity index is 2050. The largest absolute Gasteiger partial charge is 0.491 e. The van der Waals surface area contributed by atoms with Gasteiger partial charge in [0.05, 0.1) is 123 Å².